The topological polar surface area (TPSA) is 12.9 Å². The normalized spacial score (nSPS) is 10.7. The first kappa shape index (κ1) is 16.1. The van der Waals surface area contributed by atoms with Crippen molar-refractivity contribution in [3.05, 3.63) is 96.6 Å². The Balaban J connectivity index is 1.68. The van der Waals surface area contributed by atoms with Gasteiger partial charge in [-0.05, 0) is 11.1 Å². The Labute approximate surface area is 156 Å². The van der Waals surface area contributed by atoms with Gasteiger partial charge in [0.2, 0.25) is 0 Å². The van der Waals surface area contributed by atoms with E-state index in [2.05, 4.69) is 84.9 Å². The maximum absolute atomic E-state index is 4.95. The van der Waals surface area contributed by atoms with Crippen LogP contribution in [0.1, 0.15) is 5.56 Å². The third kappa shape index (κ3) is 3.84. The first-order chi connectivity index (χ1) is 12.4. The highest BCUT2D eigenvalue weighted by molar-refractivity contribution is 8.00. The number of hydrogen-bond acceptors (Lipinski definition) is 3. The minimum atomic E-state index is 0.941. The molecule has 0 bridgehead atoms. The van der Waals surface area contributed by atoms with E-state index in [1.54, 1.807) is 23.1 Å². The molecule has 0 saturated carbocycles. The van der Waals surface area contributed by atoms with Gasteiger partial charge in [-0.15, -0.1) is 11.3 Å². The van der Waals surface area contributed by atoms with Crippen molar-refractivity contribution in [3.63, 3.8) is 0 Å². The summed E-state index contributed by atoms with van der Waals surface area (Å²) in [4.78, 5) is 6.19. The molecule has 0 radical (unpaired) electrons. The summed E-state index contributed by atoms with van der Waals surface area (Å²) in [5, 5.41) is 0. The summed E-state index contributed by atoms with van der Waals surface area (Å²) >= 11 is 3.58. The highest BCUT2D eigenvalue weighted by Gasteiger charge is 2.15. The number of thioether (sulfide) groups is 1. The molecule has 1 heterocycles. The molecule has 0 aliphatic rings. The van der Waals surface area contributed by atoms with Crippen molar-refractivity contribution in [2.75, 3.05) is 0 Å². The molecule has 122 valence electrons. The largest absolute Gasteiger partial charge is 0.229 e. The number of hydrogen-bond donors (Lipinski definition) is 0. The van der Waals surface area contributed by atoms with Crippen LogP contribution in [0.5, 0.6) is 0 Å². The molecule has 3 heteroatoms. The van der Waals surface area contributed by atoms with E-state index in [1.807, 2.05) is 6.07 Å². The van der Waals surface area contributed by atoms with Gasteiger partial charge in [-0.2, -0.15) is 0 Å². The maximum atomic E-state index is 4.95. The third-order valence-electron chi connectivity index (χ3n) is 3.90. The molecule has 0 saturated heterocycles. The van der Waals surface area contributed by atoms with Crippen molar-refractivity contribution in [1.82, 2.24) is 4.98 Å². The lowest BCUT2D eigenvalue weighted by Crippen LogP contribution is -1.82. The van der Waals surface area contributed by atoms with E-state index in [-0.39, 0.29) is 0 Å². The van der Waals surface area contributed by atoms with E-state index in [1.165, 1.54) is 21.6 Å². The second-order valence-corrected chi connectivity index (χ2v) is 7.89. The fourth-order valence-corrected chi connectivity index (χ4v) is 4.78. The fraction of sp³-hybridized carbons (Fsp3) is 0.0455. The number of benzene rings is 3. The van der Waals surface area contributed by atoms with Crippen LogP contribution in [0.15, 0.2) is 95.3 Å². The zero-order chi connectivity index (χ0) is 16.9. The van der Waals surface area contributed by atoms with Crippen LogP contribution in [0.25, 0.3) is 21.7 Å². The summed E-state index contributed by atoms with van der Waals surface area (Å²) in [5.74, 6) is 0.941. The van der Waals surface area contributed by atoms with Crippen LogP contribution in [-0.2, 0) is 5.75 Å². The molecule has 0 N–H and O–H groups in total. The van der Waals surface area contributed by atoms with Crippen molar-refractivity contribution < 1.29 is 0 Å². The van der Waals surface area contributed by atoms with Crippen LogP contribution < -0.4 is 0 Å². The van der Waals surface area contributed by atoms with E-state index in [0.29, 0.717) is 0 Å². The summed E-state index contributed by atoms with van der Waals surface area (Å²) in [6, 6.07) is 31.5. The standard InChI is InChI=1S/C22H17NS2/c1-4-10-17(11-5-1)16-24-22-23-20(18-12-6-2-7-13-18)21(25-22)19-14-8-3-9-15-19/h1-15H,16H2. The Morgan fingerprint density at radius 1 is 0.680 bits per heavy atom. The molecule has 1 aromatic heterocycles. The first-order valence-electron chi connectivity index (χ1n) is 8.18. The number of aromatic nitrogens is 1. The summed E-state index contributed by atoms with van der Waals surface area (Å²) < 4.78 is 1.11. The first-order valence-corrected chi connectivity index (χ1v) is 9.99. The second kappa shape index (κ2) is 7.68. The molecule has 0 unspecified atom stereocenters. The van der Waals surface area contributed by atoms with Crippen molar-refractivity contribution in [3.8, 4) is 21.7 Å². The quantitative estimate of drug-likeness (QED) is 0.365. The highest BCUT2D eigenvalue weighted by atomic mass is 32.2. The Morgan fingerprint density at radius 3 is 1.88 bits per heavy atom. The van der Waals surface area contributed by atoms with Gasteiger partial charge >= 0.3 is 0 Å². The Bertz CT molecular complexity index is 875. The van der Waals surface area contributed by atoms with Crippen LogP contribution in [0.3, 0.4) is 0 Å². The predicted octanol–water partition coefficient (Wildman–Crippen LogP) is 6.77. The van der Waals surface area contributed by atoms with Gasteiger partial charge in [-0.3, -0.25) is 0 Å². The molecular formula is C22H17NS2. The molecule has 25 heavy (non-hydrogen) atoms. The molecule has 0 aliphatic heterocycles. The number of rotatable bonds is 5. The Hall–Kier alpha value is -2.36. The zero-order valence-electron chi connectivity index (χ0n) is 13.6. The second-order valence-electron chi connectivity index (χ2n) is 5.66. The Morgan fingerprint density at radius 2 is 1.24 bits per heavy atom. The van der Waals surface area contributed by atoms with Gasteiger partial charge in [0.25, 0.3) is 0 Å². The Kier molecular flexibility index (Phi) is 4.96. The molecule has 1 nitrogen and oxygen atoms in total. The fourth-order valence-electron chi connectivity index (χ4n) is 2.66. The molecular weight excluding hydrogens is 342 g/mol. The van der Waals surface area contributed by atoms with Gasteiger partial charge in [0.05, 0.1) is 10.6 Å². The lowest BCUT2D eigenvalue weighted by molar-refractivity contribution is 1.25. The molecule has 4 rings (SSSR count). The molecule has 0 fully saturated rings. The lowest BCUT2D eigenvalue weighted by Gasteiger charge is -2.02. The molecule has 0 amide bonds. The zero-order valence-corrected chi connectivity index (χ0v) is 15.3. The highest BCUT2D eigenvalue weighted by Crippen LogP contribution is 2.40. The van der Waals surface area contributed by atoms with Gasteiger partial charge in [0.15, 0.2) is 4.34 Å². The lowest BCUT2D eigenvalue weighted by atomic mass is 10.1. The van der Waals surface area contributed by atoms with Crippen molar-refractivity contribution in [2.45, 2.75) is 10.1 Å². The van der Waals surface area contributed by atoms with Gasteiger partial charge in [0.1, 0.15) is 0 Å². The van der Waals surface area contributed by atoms with Crippen LogP contribution in [-0.4, -0.2) is 4.98 Å². The molecule has 0 atom stereocenters. The molecule has 0 aliphatic carbocycles. The summed E-state index contributed by atoms with van der Waals surface area (Å²) in [6.07, 6.45) is 0. The summed E-state index contributed by atoms with van der Waals surface area (Å²) in [6.45, 7) is 0. The molecule has 0 spiro atoms. The number of nitrogens with zero attached hydrogens (tertiary/aromatic N) is 1. The third-order valence-corrected chi connectivity index (χ3v) is 6.21. The summed E-state index contributed by atoms with van der Waals surface area (Å²) in [7, 11) is 0. The average Bonchev–Trinajstić information content (AvgIpc) is 3.13. The smallest absolute Gasteiger partial charge is 0.151 e. The average molecular weight is 360 g/mol. The van der Waals surface area contributed by atoms with Crippen LogP contribution >= 0.6 is 23.1 Å². The van der Waals surface area contributed by atoms with Gasteiger partial charge in [0, 0.05) is 11.3 Å². The minimum Gasteiger partial charge on any atom is -0.229 e. The van der Waals surface area contributed by atoms with E-state index in [0.717, 1.165) is 15.8 Å². The molecule has 3 aromatic carbocycles. The van der Waals surface area contributed by atoms with E-state index >= 15 is 0 Å². The number of thiazole rings is 1. The van der Waals surface area contributed by atoms with Crippen molar-refractivity contribution in [2.24, 2.45) is 0 Å². The van der Waals surface area contributed by atoms with Crippen molar-refractivity contribution in [1.29, 1.82) is 0 Å². The maximum Gasteiger partial charge on any atom is 0.151 e. The van der Waals surface area contributed by atoms with Crippen LogP contribution in [0.2, 0.25) is 0 Å². The van der Waals surface area contributed by atoms with E-state index in [9.17, 15) is 0 Å². The molecule has 4 aromatic rings. The monoisotopic (exact) mass is 359 g/mol. The minimum absolute atomic E-state index is 0.941. The van der Waals surface area contributed by atoms with E-state index < -0.39 is 0 Å². The SMILES string of the molecule is c1ccc(CSc2nc(-c3ccccc3)c(-c3ccccc3)s2)cc1. The van der Waals surface area contributed by atoms with E-state index in [4.69, 9.17) is 4.98 Å². The van der Waals surface area contributed by atoms with Crippen LogP contribution in [0, 0.1) is 0 Å². The van der Waals surface area contributed by atoms with Gasteiger partial charge in [-0.1, -0.05) is 103 Å². The summed E-state index contributed by atoms with van der Waals surface area (Å²) in [5.41, 5.74) is 4.80. The van der Waals surface area contributed by atoms with Gasteiger partial charge in [-0.25, -0.2) is 4.98 Å². The predicted molar refractivity (Wildman–Crippen MR) is 109 cm³/mol. The van der Waals surface area contributed by atoms with Gasteiger partial charge < -0.3 is 0 Å². The van der Waals surface area contributed by atoms with Crippen LogP contribution in [0.4, 0.5) is 0 Å². The van der Waals surface area contributed by atoms with Crippen molar-refractivity contribution >= 4 is 23.1 Å².